The Labute approximate surface area is 145 Å². The van der Waals surface area contributed by atoms with E-state index in [1.807, 2.05) is 30.5 Å². The fourth-order valence-electron chi connectivity index (χ4n) is 2.40. The molecule has 0 aliphatic rings. The zero-order chi connectivity index (χ0) is 16.9. The molecule has 3 nitrogen and oxygen atoms in total. The second-order valence-electron chi connectivity index (χ2n) is 5.76. The molecule has 0 radical (unpaired) electrons. The molecule has 0 aliphatic heterocycles. The van der Waals surface area contributed by atoms with Crippen LogP contribution in [-0.4, -0.2) is 4.98 Å². The number of thiazole rings is 1. The monoisotopic (exact) mass is 341 g/mol. The van der Waals surface area contributed by atoms with Gasteiger partial charge in [-0.15, -0.1) is 11.3 Å². The fourth-order valence-corrected chi connectivity index (χ4v) is 3.13. The highest BCUT2D eigenvalue weighted by Crippen LogP contribution is 2.22. The Balaban J connectivity index is 1.58. The van der Waals surface area contributed by atoms with Gasteiger partial charge in [0.15, 0.2) is 5.13 Å². The van der Waals surface area contributed by atoms with E-state index in [1.54, 1.807) is 23.5 Å². The summed E-state index contributed by atoms with van der Waals surface area (Å²) in [6, 6.07) is 15.0. The number of aromatic nitrogens is 1. The van der Waals surface area contributed by atoms with Gasteiger partial charge in [-0.3, -0.25) is 0 Å². The van der Waals surface area contributed by atoms with Crippen LogP contribution in [0, 0.1) is 12.7 Å². The van der Waals surface area contributed by atoms with Gasteiger partial charge in [-0.05, 0) is 32.0 Å². The minimum absolute atomic E-state index is 0.0681. The number of aryl methyl sites for hydroxylation is 1. The Kier molecular flexibility index (Phi) is 5.23. The van der Waals surface area contributed by atoms with E-state index < -0.39 is 0 Å². The van der Waals surface area contributed by atoms with Crippen LogP contribution in [0.3, 0.4) is 0 Å². The molecule has 3 aromatic rings. The molecular formula is C19H20FN3S. The zero-order valence-electron chi connectivity index (χ0n) is 13.7. The highest BCUT2D eigenvalue weighted by atomic mass is 32.1. The third-order valence-electron chi connectivity index (χ3n) is 3.82. The molecule has 3 rings (SSSR count). The van der Waals surface area contributed by atoms with E-state index in [9.17, 15) is 4.39 Å². The molecule has 5 heteroatoms. The third kappa shape index (κ3) is 4.19. The third-order valence-corrected chi connectivity index (χ3v) is 4.62. The average Bonchev–Trinajstić information content (AvgIpc) is 3.03. The summed E-state index contributed by atoms with van der Waals surface area (Å²) in [5.41, 5.74) is 3.87. The molecule has 0 saturated heterocycles. The van der Waals surface area contributed by atoms with Crippen molar-refractivity contribution in [1.29, 1.82) is 0 Å². The van der Waals surface area contributed by atoms with Crippen LogP contribution >= 0.6 is 11.3 Å². The second kappa shape index (κ2) is 7.55. The van der Waals surface area contributed by atoms with Crippen molar-refractivity contribution in [3.05, 3.63) is 76.5 Å². The number of hydrogen-bond acceptors (Lipinski definition) is 4. The van der Waals surface area contributed by atoms with Crippen molar-refractivity contribution in [2.75, 3.05) is 5.32 Å². The SMILES string of the molecule is Cc1ccc(Nc2nc(CNC(C)c3ccccc3F)cs2)cc1. The first kappa shape index (κ1) is 16.6. The first-order chi connectivity index (χ1) is 11.6. The van der Waals surface area contributed by atoms with Crippen molar-refractivity contribution >= 4 is 22.2 Å². The lowest BCUT2D eigenvalue weighted by molar-refractivity contribution is 0.525. The van der Waals surface area contributed by atoms with E-state index >= 15 is 0 Å². The van der Waals surface area contributed by atoms with E-state index in [0.29, 0.717) is 12.1 Å². The van der Waals surface area contributed by atoms with Gasteiger partial charge < -0.3 is 10.6 Å². The maximum absolute atomic E-state index is 13.8. The Morgan fingerprint density at radius 3 is 2.62 bits per heavy atom. The van der Waals surface area contributed by atoms with Crippen LogP contribution in [0.15, 0.2) is 53.9 Å². The van der Waals surface area contributed by atoms with Crippen LogP contribution < -0.4 is 10.6 Å². The van der Waals surface area contributed by atoms with Gasteiger partial charge >= 0.3 is 0 Å². The second-order valence-corrected chi connectivity index (χ2v) is 6.62. The first-order valence-electron chi connectivity index (χ1n) is 7.88. The number of rotatable bonds is 6. The fraction of sp³-hybridized carbons (Fsp3) is 0.211. The summed E-state index contributed by atoms with van der Waals surface area (Å²) in [7, 11) is 0. The molecule has 1 unspecified atom stereocenters. The van der Waals surface area contributed by atoms with Crippen LogP contribution in [0.5, 0.6) is 0 Å². The Morgan fingerprint density at radius 2 is 1.88 bits per heavy atom. The lowest BCUT2D eigenvalue weighted by Crippen LogP contribution is -2.19. The standard InChI is InChI=1S/C19H20FN3S/c1-13-7-9-15(10-8-13)22-19-23-16(12-24-19)11-21-14(2)17-5-3-4-6-18(17)20/h3-10,12,14,21H,11H2,1-2H3,(H,22,23). The van der Waals surface area contributed by atoms with Gasteiger partial charge in [0, 0.05) is 29.2 Å². The zero-order valence-corrected chi connectivity index (χ0v) is 14.5. The molecule has 0 fully saturated rings. The van der Waals surface area contributed by atoms with Gasteiger partial charge in [-0.2, -0.15) is 0 Å². The van der Waals surface area contributed by atoms with Gasteiger partial charge in [0.05, 0.1) is 5.69 Å². The van der Waals surface area contributed by atoms with Crippen LogP contribution in [0.2, 0.25) is 0 Å². The number of anilines is 2. The van der Waals surface area contributed by atoms with E-state index in [4.69, 9.17) is 0 Å². The summed E-state index contributed by atoms with van der Waals surface area (Å²) in [4.78, 5) is 4.57. The molecular weight excluding hydrogens is 321 g/mol. The van der Waals surface area contributed by atoms with E-state index in [2.05, 4.69) is 34.7 Å². The predicted octanol–water partition coefficient (Wildman–Crippen LogP) is 5.19. The van der Waals surface area contributed by atoms with Crippen molar-refractivity contribution in [3.63, 3.8) is 0 Å². The quantitative estimate of drug-likeness (QED) is 0.648. The summed E-state index contributed by atoms with van der Waals surface area (Å²) in [6.45, 7) is 4.62. The normalized spacial score (nSPS) is 12.1. The van der Waals surface area contributed by atoms with Gasteiger partial charge in [0.1, 0.15) is 5.82 Å². The maximum atomic E-state index is 13.8. The van der Waals surface area contributed by atoms with Gasteiger partial charge in [-0.1, -0.05) is 35.9 Å². The minimum Gasteiger partial charge on any atom is -0.332 e. The lowest BCUT2D eigenvalue weighted by Gasteiger charge is -2.14. The molecule has 0 aliphatic carbocycles. The topological polar surface area (TPSA) is 37.0 Å². The van der Waals surface area contributed by atoms with Gasteiger partial charge in [-0.25, -0.2) is 9.37 Å². The van der Waals surface area contributed by atoms with Crippen molar-refractivity contribution in [3.8, 4) is 0 Å². The number of nitrogens with one attached hydrogen (secondary N) is 2. The number of hydrogen-bond donors (Lipinski definition) is 2. The smallest absolute Gasteiger partial charge is 0.187 e. The van der Waals surface area contributed by atoms with Crippen LogP contribution in [-0.2, 0) is 6.54 Å². The van der Waals surface area contributed by atoms with E-state index in [0.717, 1.165) is 16.5 Å². The summed E-state index contributed by atoms with van der Waals surface area (Å²) < 4.78 is 13.8. The lowest BCUT2D eigenvalue weighted by atomic mass is 10.1. The minimum atomic E-state index is -0.183. The first-order valence-corrected chi connectivity index (χ1v) is 8.75. The largest absolute Gasteiger partial charge is 0.332 e. The van der Waals surface area contributed by atoms with Crippen molar-refractivity contribution < 1.29 is 4.39 Å². The van der Waals surface area contributed by atoms with Crippen molar-refractivity contribution in [2.24, 2.45) is 0 Å². The molecule has 0 bridgehead atoms. The molecule has 0 saturated carbocycles. The van der Waals surface area contributed by atoms with Gasteiger partial charge in [0.2, 0.25) is 0 Å². The summed E-state index contributed by atoms with van der Waals surface area (Å²) in [5, 5.41) is 9.48. The summed E-state index contributed by atoms with van der Waals surface area (Å²) in [5.74, 6) is -0.183. The molecule has 2 N–H and O–H groups in total. The number of nitrogens with zero attached hydrogens (tertiary/aromatic N) is 1. The molecule has 124 valence electrons. The average molecular weight is 341 g/mol. The van der Waals surface area contributed by atoms with Crippen LogP contribution in [0.25, 0.3) is 0 Å². The maximum Gasteiger partial charge on any atom is 0.187 e. The van der Waals surface area contributed by atoms with Crippen LogP contribution in [0.1, 0.15) is 29.8 Å². The molecule has 2 aromatic carbocycles. The molecule has 0 spiro atoms. The van der Waals surface area contributed by atoms with Crippen LogP contribution in [0.4, 0.5) is 15.2 Å². The van der Waals surface area contributed by atoms with E-state index in [1.165, 1.54) is 11.6 Å². The predicted molar refractivity (Wildman–Crippen MR) is 98.2 cm³/mol. The molecule has 1 atom stereocenters. The Morgan fingerprint density at radius 1 is 1.12 bits per heavy atom. The Hall–Kier alpha value is -2.24. The van der Waals surface area contributed by atoms with Crippen molar-refractivity contribution in [1.82, 2.24) is 10.3 Å². The Bertz CT molecular complexity index is 798. The highest BCUT2D eigenvalue weighted by molar-refractivity contribution is 7.13. The molecule has 1 heterocycles. The molecule has 0 amide bonds. The number of benzene rings is 2. The van der Waals surface area contributed by atoms with Crippen molar-refractivity contribution in [2.45, 2.75) is 26.4 Å². The highest BCUT2D eigenvalue weighted by Gasteiger charge is 2.10. The van der Waals surface area contributed by atoms with Gasteiger partial charge in [0.25, 0.3) is 0 Å². The number of halogens is 1. The summed E-state index contributed by atoms with van der Waals surface area (Å²) in [6.07, 6.45) is 0. The molecule has 24 heavy (non-hydrogen) atoms. The summed E-state index contributed by atoms with van der Waals surface area (Å²) >= 11 is 1.56. The van der Waals surface area contributed by atoms with E-state index in [-0.39, 0.29) is 11.9 Å². The molecule has 1 aromatic heterocycles.